The summed E-state index contributed by atoms with van der Waals surface area (Å²) in [7, 11) is -4.15. The van der Waals surface area contributed by atoms with Crippen molar-refractivity contribution in [2.24, 2.45) is 0 Å². The highest BCUT2D eigenvalue weighted by atomic mass is 35.5. The second-order valence-electron chi connectivity index (χ2n) is 10.5. The van der Waals surface area contributed by atoms with Gasteiger partial charge in [-0.05, 0) is 118 Å². The molecule has 0 aliphatic heterocycles. The van der Waals surface area contributed by atoms with Crippen LogP contribution in [0.3, 0.4) is 0 Å². The maximum Gasteiger partial charge on any atom is 0.589 e. The van der Waals surface area contributed by atoms with E-state index < -0.39 is 7.82 Å². The Hall–Kier alpha value is -2.65. The van der Waals surface area contributed by atoms with Gasteiger partial charge in [-0.1, -0.05) is 23.2 Å². The van der Waals surface area contributed by atoms with E-state index in [0.717, 1.165) is 25.9 Å². The lowest BCUT2D eigenvalue weighted by Crippen LogP contribution is -2.19. The van der Waals surface area contributed by atoms with Crippen molar-refractivity contribution >= 4 is 36.7 Å². The third-order valence-electron chi connectivity index (χ3n) is 6.70. The molecule has 0 spiro atoms. The summed E-state index contributed by atoms with van der Waals surface area (Å²) in [5.41, 5.74) is 0.556. The van der Waals surface area contributed by atoms with Gasteiger partial charge in [0.05, 0.1) is 23.9 Å². The first kappa shape index (κ1) is 31.8. The first-order chi connectivity index (χ1) is 20.9. The molecule has 3 aromatic carbocycles. The Kier molecular flexibility index (Phi) is 11.7. The van der Waals surface area contributed by atoms with Gasteiger partial charge in [-0.3, -0.25) is 0 Å². The van der Waals surface area contributed by atoms with Crippen LogP contribution in [0, 0.1) is 0 Å². The number of phosphoric ester groups is 1. The van der Waals surface area contributed by atoms with Crippen molar-refractivity contribution in [3.63, 3.8) is 0 Å². The number of benzene rings is 3. The first-order valence-electron chi connectivity index (χ1n) is 14.7. The Balaban J connectivity index is 1.15. The van der Waals surface area contributed by atoms with Gasteiger partial charge in [-0.25, -0.2) is 9.09 Å². The van der Waals surface area contributed by atoms with Crippen molar-refractivity contribution in [3.05, 3.63) is 76.8 Å². The smallest absolute Gasteiger partial charge is 0.494 e. The van der Waals surface area contributed by atoms with Gasteiger partial charge in [0, 0.05) is 17.1 Å². The number of anilines is 1. The maximum atomic E-state index is 13.8. The fourth-order valence-corrected chi connectivity index (χ4v) is 5.66. The van der Waals surface area contributed by atoms with Crippen molar-refractivity contribution in [2.45, 2.75) is 50.6 Å². The van der Waals surface area contributed by atoms with E-state index in [1.54, 1.807) is 66.7 Å². The Morgan fingerprint density at radius 2 is 1.19 bits per heavy atom. The molecule has 232 valence electrons. The molecule has 43 heavy (non-hydrogen) atoms. The summed E-state index contributed by atoms with van der Waals surface area (Å²) >= 11 is 12.2. The molecule has 5 rings (SSSR count). The summed E-state index contributed by atoms with van der Waals surface area (Å²) in [5.74, 6) is 1.98. The SMILES string of the molecule is O=P(OCNc1ccc(Cl)cc1Cl)(Oc1ccc(OCCCNC2CC2)cc1)Oc1ccc(OCCCNC2CC2)cc1. The largest absolute Gasteiger partial charge is 0.589 e. The molecule has 2 aliphatic rings. The lowest BCUT2D eigenvalue weighted by molar-refractivity contribution is 0.222. The molecule has 0 radical (unpaired) electrons. The van der Waals surface area contributed by atoms with Gasteiger partial charge < -0.3 is 34.5 Å². The van der Waals surface area contributed by atoms with Crippen LogP contribution in [0.2, 0.25) is 10.0 Å². The predicted octanol–water partition coefficient (Wildman–Crippen LogP) is 7.69. The number of rotatable bonds is 20. The van der Waals surface area contributed by atoms with Gasteiger partial charge >= 0.3 is 7.82 Å². The molecule has 0 unspecified atom stereocenters. The molecule has 2 saturated carbocycles. The molecule has 0 saturated heterocycles. The van der Waals surface area contributed by atoms with Gasteiger partial charge in [0.25, 0.3) is 0 Å². The molecule has 9 nitrogen and oxygen atoms in total. The monoisotopic (exact) mass is 649 g/mol. The highest BCUT2D eigenvalue weighted by molar-refractivity contribution is 7.49. The van der Waals surface area contributed by atoms with Crippen LogP contribution in [0.15, 0.2) is 66.7 Å². The summed E-state index contributed by atoms with van der Waals surface area (Å²) in [5, 5.41) is 10.8. The molecular formula is C31H38Cl2N3O6P. The molecule has 2 fully saturated rings. The van der Waals surface area contributed by atoms with Gasteiger partial charge in [0.2, 0.25) is 0 Å². The van der Waals surface area contributed by atoms with E-state index in [9.17, 15) is 4.57 Å². The Bertz CT molecular complexity index is 1270. The number of nitrogens with one attached hydrogen (secondary N) is 3. The normalized spacial score (nSPS) is 14.7. The molecular weight excluding hydrogens is 612 g/mol. The second kappa shape index (κ2) is 15.9. The topological polar surface area (TPSA) is 99.3 Å². The predicted molar refractivity (Wildman–Crippen MR) is 170 cm³/mol. The maximum absolute atomic E-state index is 13.8. The fourth-order valence-electron chi connectivity index (χ4n) is 4.06. The van der Waals surface area contributed by atoms with Gasteiger partial charge in [0.1, 0.15) is 29.7 Å². The summed E-state index contributed by atoms with van der Waals surface area (Å²) in [6.45, 7) is 2.86. The molecule has 0 atom stereocenters. The van der Waals surface area contributed by atoms with E-state index >= 15 is 0 Å². The van der Waals surface area contributed by atoms with E-state index in [4.69, 9.17) is 46.2 Å². The van der Waals surface area contributed by atoms with Crippen LogP contribution >= 0.6 is 31.0 Å². The highest BCUT2D eigenvalue weighted by Crippen LogP contribution is 2.50. The molecule has 3 aromatic rings. The molecule has 3 N–H and O–H groups in total. The van der Waals surface area contributed by atoms with E-state index in [2.05, 4.69) is 16.0 Å². The Labute approximate surface area is 263 Å². The minimum absolute atomic E-state index is 0.204. The molecule has 2 aliphatic carbocycles. The van der Waals surface area contributed by atoms with Crippen molar-refractivity contribution in [1.29, 1.82) is 0 Å². The average Bonchev–Trinajstić information content (AvgIpc) is 3.92. The average molecular weight is 651 g/mol. The van der Waals surface area contributed by atoms with Crippen LogP contribution in [0.25, 0.3) is 0 Å². The van der Waals surface area contributed by atoms with Crippen LogP contribution in [0.5, 0.6) is 23.0 Å². The Morgan fingerprint density at radius 3 is 1.65 bits per heavy atom. The van der Waals surface area contributed by atoms with Crippen molar-refractivity contribution < 1.29 is 27.6 Å². The van der Waals surface area contributed by atoms with E-state index in [0.29, 0.717) is 64.0 Å². The van der Waals surface area contributed by atoms with Gasteiger partial charge in [-0.15, -0.1) is 0 Å². The zero-order chi connectivity index (χ0) is 29.9. The molecule has 0 heterocycles. The highest BCUT2D eigenvalue weighted by Gasteiger charge is 2.31. The first-order valence-corrected chi connectivity index (χ1v) is 16.9. The van der Waals surface area contributed by atoms with Crippen molar-refractivity contribution in [3.8, 4) is 23.0 Å². The quantitative estimate of drug-likeness (QED) is 0.0646. The summed E-state index contributed by atoms with van der Waals surface area (Å²) in [4.78, 5) is 0. The van der Waals surface area contributed by atoms with Crippen LogP contribution in [0.4, 0.5) is 5.69 Å². The third kappa shape index (κ3) is 11.4. The van der Waals surface area contributed by atoms with Gasteiger partial charge in [-0.2, -0.15) is 0 Å². The summed E-state index contributed by atoms with van der Waals surface area (Å²) in [6.07, 6.45) is 6.89. The summed E-state index contributed by atoms with van der Waals surface area (Å²) in [6, 6.07) is 20.0. The summed E-state index contributed by atoms with van der Waals surface area (Å²) < 4.78 is 42.7. The second-order valence-corrected chi connectivity index (χ2v) is 12.9. The van der Waals surface area contributed by atoms with E-state index in [-0.39, 0.29) is 6.73 Å². The standard InChI is InChI=1S/C31H38Cl2N3O6P/c32-23-3-16-31(30(33)21-23)36-22-40-43(37,41-28-12-8-26(9-13-28)38-19-1-17-34-24-4-5-24)42-29-14-10-27(11-15-29)39-20-2-18-35-25-6-7-25/h3,8-16,21,24-25,34-36H,1-2,4-7,17-20,22H2. The third-order valence-corrected chi connectivity index (χ3v) is 8.56. The van der Waals surface area contributed by atoms with Crippen molar-refractivity contribution in [1.82, 2.24) is 10.6 Å². The molecule has 0 amide bonds. The number of hydrogen-bond donors (Lipinski definition) is 3. The zero-order valence-corrected chi connectivity index (χ0v) is 26.3. The number of hydrogen-bond acceptors (Lipinski definition) is 9. The minimum Gasteiger partial charge on any atom is -0.494 e. The van der Waals surface area contributed by atoms with E-state index in [1.165, 1.54) is 25.7 Å². The van der Waals surface area contributed by atoms with Crippen LogP contribution in [-0.2, 0) is 9.09 Å². The molecule has 0 bridgehead atoms. The Morgan fingerprint density at radius 1 is 0.698 bits per heavy atom. The number of ether oxygens (including phenoxy) is 2. The zero-order valence-electron chi connectivity index (χ0n) is 23.9. The fraction of sp³-hybridized carbons (Fsp3) is 0.419. The molecule has 0 aromatic heterocycles. The van der Waals surface area contributed by atoms with Crippen LogP contribution in [0.1, 0.15) is 38.5 Å². The van der Waals surface area contributed by atoms with Crippen molar-refractivity contribution in [2.75, 3.05) is 38.4 Å². The van der Waals surface area contributed by atoms with Crippen LogP contribution < -0.4 is 34.5 Å². The minimum atomic E-state index is -4.15. The lowest BCUT2D eigenvalue weighted by atomic mass is 10.3. The van der Waals surface area contributed by atoms with Crippen LogP contribution in [-0.4, -0.2) is 45.1 Å². The lowest BCUT2D eigenvalue weighted by Gasteiger charge is -2.20. The molecule has 12 heteroatoms. The number of halogens is 2. The van der Waals surface area contributed by atoms with Gasteiger partial charge in [0.15, 0.2) is 0 Å². The van der Waals surface area contributed by atoms with E-state index in [1.807, 2.05) is 0 Å². The number of phosphoric acid groups is 1.